The van der Waals surface area contributed by atoms with Crippen LogP contribution in [0.25, 0.3) is 0 Å². The number of carbonyl (C=O) groups is 1. The molecule has 1 aliphatic heterocycles. The van der Waals surface area contributed by atoms with Gasteiger partial charge < -0.3 is 9.33 Å². The van der Waals surface area contributed by atoms with Gasteiger partial charge in [0.15, 0.2) is 8.32 Å². The fourth-order valence-electron chi connectivity index (χ4n) is 4.14. The van der Waals surface area contributed by atoms with Gasteiger partial charge in [0.25, 0.3) is 0 Å². The topological polar surface area (TPSA) is 29.5 Å². The number of halogens is 1. The first-order chi connectivity index (χ1) is 12.1. The van der Waals surface area contributed by atoms with Crippen LogP contribution in [0, 0.1) is 0 Å². The molecule has 0 bridgehead atoms. The summed E-state index contributed by atoms with van der Waals surface area (Å²) in [6, 6.07) is 6.48. The van der Waals surface area contributed by atoms with Gasteiger partial charge >= 0.3 is 0 Å². The fourth-order valence-corrected chi connectivity index (χ4v) is 5.74. The first kappa shape index (κ1) is 20.1. The zero-order chi connectivity index (χ0) is 19.2. The molecule has 1 aromatic carbocycles. The molecule has 1 amide bonds. The average molecular weight is 438 g/mol. The molecular weight excluding hydrogens is 406 g/mol. The van der Waals surface area contributed by atoms with Gasteiger partial charge in [-0.1, -0.05) is 48.8 Å². The SMILES string of the molecule is CC(C)(C)[Si](C)(C)OCCN1CC2(CCCc3c(Br)cccc32)CC1=O. The second kappa shape index (κ2) is 7.06. The van der Waals surface area contributed by atoms with Crippen LogP contribution in [0.2, 0.25) is 18.1 Å². The number of nitrogens with zero attached hydrogens (tertiary/aromatic N) is 1. The molecule has 1 saturated heterocycles. The van der Waals surface area contributed by atoms with Crippen molar-refractivity contribution in [3.63, 3.8) is 0 Å². The van der Waals surface area contributed by atoms with Gasteiger partial charge in [0.2, 0.25) is 5.91 Å². The Labute approximate surface area is 167 Å². The maximum Gasteiger partial charge on any atom is 0.223 e. The van der Waals surface area contributed by atoms with E-state index in [-0.39, 0.29) is 16.4 Å². The molecule has 1 aromatic rings. The molecule has 3 rings (SSSR count). The predicted molar refractivity (Wildman–Crippen MR) is 113 cm³/mol. The normalized spacial score (nSPS) is 23.6. The van der Waals surface area contributed by atoms with Gasteiger partial charge in [-0.25, -0.2) is 0 Å². The Morgan fingerprint density at radius 1 is 1.31 bits per heavy atom. The summed E-state index contributed by atoms with van der Waals surface area (Å²) in [4.78, 5) is 14.8. The number of benzene rings is 1. The summed E-state index contributed by atoms with van der Waals surface area (Å²) in [5.41, 5.74) is 2.80. The monoisotopic (exact) mass is 437 g/mol. The van der Waals surface area contributed by atoms with Crippen LogP contribution in [0.4, 0.5) is 0 Å². The highest BCUT2D eigenvalue weighted by atomic mass is 79.9. The highest BCUT2D eigenvalue weighted by Gasteiger charge is 2.46. The molecule has 0 radical (unpaired) electrons. The Morgan fingerprint density at radius 2 is 2.04 bits per heavy atom. The number of rotatable bonds is 4. The van der Waals surface area contributed by atoms with Crippen LogP contribution in [0.15, 0.2) is 22.7 Å². The molecule has 1 atom stereocenters. The number of amides is 1. The smallest absolute Gasteiger partial charge is 0.223 e. The third kappa shape index (κ3) is 3.67. The second-order valence-electron chi connectivity index (χ2n) is 9.50. The van der Waals surface area contributed by atoms with E-state index in [1.165, 1.54) is 15.6 Å². The minimum absolute atomic E-state index is 0.00538. The van der Waals surface area contributed by atoms with Crippen molar-refractivity contribution in [2.45, 2.75) is 70.0 Å². The second-order valence-corrected chi connectivity index (χ2v) is 15.2. The first-order valence-electron chi connectivity index (χ1n) is 9.75. The molecule has 1 unspecified atom stereocenters. The van der Waals surface area contributed by atoms with Gasteiger partial charge in [-0.3, -0.25) is 4.79 Å². The molecule has 26 heavy (non-hydrogen) atoms. The van der Waals surface area contributed by atoms with Crippen molar-refractivity contribution in [1.29, 1.82) is 0 Å². The molecule has 144 valence electrons. The van der Waals surface area contributed by atoms with Crippen molar-refractivity contribution in [2.75, 3.05) is 19.7 Å². The van der Waals surface area contributed by atoms with Crippen LogP contribution < -0.4 is 0 Å². The van der Waals surface area contributed by atoms with Gasteiger partial charge in [0.05, 0.1) is 6.61 Å². The lowest BCUT2D eigenvalue weighted by Gasteiger charge is -2.37. The first-order valence-corrected chi connectivity index (χ1v) is 13.5. The zero-order valence-corrected chi connectivity index (χ0v) is 19.4. The van der Waals surface area contributed by atoms with Gasteiger partial charge in [-0.15, -0.1) is 0 Å². The van der Waals surface area contributed by atoms with Crippen molar-refractivity contribution in [3.05, 3.63) is 33.8 Å². The van der Waals surface area contributed by atoms with E-state index in [0.29, 0.717) is 13.0 Å². The predicted octanol–water partition coefficient (Wildman–Crippen LogP) is 5.28. The molecule has 3 nitrogen and oxygen atoms in total. The molecule has 0 N–H and O–H groups in total. The Balaban J connectivity index is 1.70. The number of likely N-dealkylation sites (tertiary alicyclic amines) is 1. The van der Waals surface area contributed by atoms with Crippen LogP contribution in [-0.2, 0) is 21.1 Å². The summed E-state index contributed by atoms with van der Waals surface area (Å²) in [5, 5.41) is 0.206. The van der Waals surface area contributed by atoms with E-state index in [0.717, 1.165) is 32.4 Å². The summed E-state index contributed by atoms with van der Waals surface area (Å²) in [6.07, 6.45) is 4.04. The maximum absolute atomic E-state index is 12.8. The lowest BCUT2D eigenvalue weighted by atomic mass is 9.69. The Hall–Kier alpha value is -0.653. The zero-order valence-electron chi connectivity index (χ0n) is 16.8. The molecule has 0 aromatic heterocycles. The van der Waals surface area contributed by atoms with Gasteiger partial charge in [0, 0.05) is 29.4 Å². The lowest BCUT2D eigenvalue weighted by molar-refractivity contribution is -0.128. The van der Waals surface area contributed by atoms with E-state index < -0.39 is 8.32 Å². The number of carbonyl (C=O) groups excluding carboxylic acids is 1. The van der Waals surface area contributed by atoms with Gasteiger partial charge in [-0.2, -0.15) is 0 Å². The molecule has 2 aliphatic rings. The minimum atomic E-state index is -1.76. The van der Waals surface area contributed by atoms with Crippen molar-refractivity contribution >= 4 is 30.2 Å². The van der Waals surface area contributed by atoms with E-state index >= 15 is 0 Å². The standard InChI is InChI=1S/C21H32BrNO2Si/c1-20(2,3)26(4,5)25-13-12-23-15-21(14-19(23)24)11-7-8-16-17(21)9-6-10-18(16)22/h6,9-10H,7-8,11-15H2,1-5H3. The third-order valence-electron chi connectivity index (χ3n) is 6.74. The molecule has 1 heterocycles. The van der Waals surface area contributed by atoms with Crippen molar-refractivity contribution < 1.29 is 9.22 Å². The van der Waals surface area contributed by atoms with E-state index in [1.807, 2.05) is 4.90 Å². The third-order valence-corrected chi connectivity index (χ3v) is 12.0. The van der Waals surface area contributed by atoms with Gasteiger partial charge in [-0.05, 0) is 54.6 Å². The van der Waals surface area contributed by atoms with E-state index in [2.05, 4.69) is 68.0 Å². The molecule has 5 heteroatoms. The summed E-state index contributed by atoms with van der Waals surface area (Å²) in [7, 11) is -1.76. The highest BCUT2D eigenvalue weighted by molar-refractivity contribution is 9.10. The Kier molecular flexibility index (Phi) is 5.46. The minimum Gasteiger partial charge on any atom is -0.415 e. The Morgan fingerprint density at radius 3 is 2.73 bits per heavy atom. The highest BCUT2D eigenvalue weighted by Crippen LogP contribution is 2.46. The molecule has 1 aliphatic carbocycles. The van der Waals surface area contributed by atoms with Gasteiger partial charge in [0.1, 0.15) is 0 Å². The van der Waals surface area contributed by atoms with Crippen LogP contribution >= 0.6 is 15.9 Å². The quantitative estimate of drug-likeness (QED) is 0.599. The summed E-state index contributed by atoms with van der Waals surface area (Å²) >= 11 is 3.71. The lowest BCUT2D eigenvalue weighted by Crippen LogP contribution is -2.43. The van der Waals surface area contributed by atoms with Crippen LogP contribution in [-0.4, -0.2) is 38.8 Å². The summed E-state index contributed by atoms with van der Waals surface area (Å²) in [5.74, 6) is 0.289. The number of hydrogen-bond donors (Lipinski definition) is 0. The van der Waals surface area contributed by atoms with Crippen molar-refractivity contribution in [1.82, 2.24) is 4.90 Å². The number of fused-ring (bicyclic) bond motifs is 2. The maximum atomic E-state index is 12.8. The molecule has 1 fully saturated rings. The number of hydrogen-bond acceptors (Lipinski definition) is 2. The van der Waals surface area contributed by atoms with Crippen LogP contribution in [0.1, 0.15) is 51.2 Å². The summed E-state index contributed by atoms with van der Waals surface area (Å²) < 4.78 is 7.50. The average Bonchev–Trinajstić information content (AvgIpc) is 2.84. The van der Waals surface area contributed by atoms with E-state index in [4.69, 9.17) is 4.43 Å². The molecular formula is C21H32BrNO2Si. The van der Waals surface area contributed by atoms with Crippen LogP contribution in [0.3, 0.4) is 0 Å². The van der Waals surface area contributed by atoms with Crippen molar-refractivity contribution in [3.8, 4) is 0 Å². The van der Waals surface area contributed by atoms with E-state index in [9.17, 15) is 4.79 Å². The fraction of sp³-hybridized carbons (Fsp3) is 0.667. The molecule has 0 saturated carbocycles. The van der Waals surface area contributed by atoms with E-state index in [1.54, 1.807) is 0 Å². The molecule has 1 spiro atoms. The van der Waals surface area contributed by atoms with Crippen molar-refractivity contribution in [2.24, 2.45) is 0 Å². The van der Waals surface area contributed by atoms with Crippen LogP contribution in [0.5, 0.6) is 0 Å². The largest absolute Gasteiger partial charge is 0.415 e. The summed E-state index contributed by atoms with van der Waals surface area (Å²) in [6.45, 7) is 13.5. The Bertz CT molecular complexity index is 698.